The first-order valence-corrected chi connectivity index (χ1v) is 5.66. The maximum Gasteiger partial charge on any atom is 0.166 e. The number of hydrogen-bond donors (Lipinski definition) is 1. The van der Waals surface area contributed by atoms with E-state index >= 15 is 0 Å². The van der Waals surface area contributed by atoms with Crippen molar-refractivity contribution in [1.82, 2.24) is 15.0 Å². The van der Waals surface area contributed by atoms with Gasteiger partial charge < -0.3 is 5.73 Å². The second-order valence-electron chi connectivity index (χ2n) is 4.00. The Morgan fingerprint density at radius 3 is 2.11 bits per heavy atom. The SMILES string of the molecule is Nc1cn(-c2ccc(-c3ccccc3)cc2)nn1. The number of benzene rings is 2. The normalized spacial score (nSPS) is 10.4. The Balaban J connectivity index is 1.94. The smallest absolute Gasteiger partial charge is 0.166 e. The Morgan fingerprint density at radius 1 is 0.833 bits per heavy atom. The summed E-state index contributed by atoms with van der Waals surface area (Å²) in [5, 5.41) is 7.69. The van der Waals surface area contributed by atoms with E-state index in [1.54, 1.807) is 10.9 Å². The standard InChI is InChI=1S/C14H12N4/c15-14-10-18(17-16-14)13-8-6-12(7-9-13)11-4-2-1-3-5-11/h1-10H,15H2. The van der Waals surface area contributed by atoms with E-state index < -0.39 is 0 Å². The molecule has 0 saturated carbocycles. The van der Waals surface area contributed by atoms with Crippen molar-refractivity contribution >= 4 is 5.82 Å². The maximum absolute atomic E-state index is 5.54. The van der Waals surface area contributed by atoms with E-state index in [0.29, 0.717) is 5.82 Å². The van der Waals surface area contributed by atoms with Gasteiger partial charge in [-0.05, 0) is 23.3 Å². The van der Waals surface area contributed by atoms with Crippen molar-refractivity contribution in [3.63, 3.8) is 0 Å². The molecule has 0 radical (unpaired) electrons. The van der Waals surface area contributed by atoms with E-state index in [1.807, 2.05) is 30.3 Å². The maximum atomic E-state index is 5.54. The van der Waals surface area contributed by atoms with Crippen LogP contribution in [0.5, 0.6) is 0 Å². The van der Waals surface area contributed by atoms with Gasteiger partial charge in [-0.15, -0.1) is 5.10 Å². The molecule has 0 unspecified atom stereocenters. The lowest BCUT2D eigenvalue weighted by Crippen LogP contribution is -1.94. The van der Waals surface area contributed by atoms with Crippen molar-refractivity contribution in [2.45, 2.75) is 0 Å². The number of nitrogen functional groups attached to an aromatic ring is 1. The Morgan fingerprint density at radius 2 is 1.50 bits per heavy atom. The van der Waals surface area contributed by atoms with Crippen molar-refractivity contribution in [2.75, 3.05) is 5.73 Å². The molecular formula is C14H12N4. The van der Waals surface area contributed by atoms with Gasteiger partial charge in [0.2, 0.25) is 0 Å². The molecule has 1 heterocycles. The molecular weight excluding hydrogens is 224 g/mol. The van der Waals surface area contributed by atoms with E-state index in [4.69, 9.17) is 5.73 Å². The summed E-state index contributed by atoms with van der Waals surface area (Å²) in [6.07, 6.45) is 1.69. The molecule has 3 aromatic rings. The molecule has 2 aromatic carbocycles. The van der Waals surface area contributed by atoms with Gasteiger partial charge in [0.15, 0.2) is 5.82 Å². The van der Waals surface area contributed by atoms with Gasteiger partial charge in [-0.2, -0.15) is 0 Å². The fraction of sp³-hybridized carbons (Fsp3) is 0. The van der Waals surface area contributed by atoms with Crippen molar-refractivity contribution in [3.05, 3.63) is 60.8 Å². The molecule has 0 aliphatic heterocycles. The largest absolute Gasteiger partial charge is 0.381 e. The highest BCUT2D eigenvalue weighted by Crippen LogP contribution is 2.20. The fourth-order valence-electron chi connectivity index (χ4n) is 1.84. The number of nitrogens with two attached hydrogens (primary N) is 1. The minimum Gasteiger partial charge on any atom is -0.381 e. The summed E-state index contributed by atoms with van der Waals surface area (Å²) >= 11 is 0. The van der Waals surface area contributed by atoms with Crippen LogP contribution in [0.15, 0.2) is 60.8 Å². The minimum atomic E-state index is 0.419. The van der Waals surface area contributed by atoms with Crippen molar-refractivity contribution in [3.8, 4) is 16.8 Å². The topological polar surface area (TPSA) is 56.7 Å². The summed E-state index contributed by atoms with van der Waals surface area (Å²) in [6.45, 7) is 0. The minimum absolute atomic E-state index is 0.419. The van der Waals surface area contributed by atoms with Gasteiger partial charge in [0, 0.05) is 0 Å². The predicted molar refractivity (Wildman–Crippen MR) is 71.2 cm³/mol. The van der Waals surface area contributed by atoms with Gasteiger partial charge in [0.25, 0.3) is 0 Å². The van der Waals surface area contributed by atoms with E-state index in [0.717, 1.165) is 5.69 Å². The van der Waals surface area contributed by atoms with Gasteiger partial charge in [0.1, 0.15) is 0 Å². The first-order valence-electron chi connectivity index (χ1n) is 5.66. The Bertz CT molecular complexity index is 641. The summed E-state index contributed by atoms with van der Waals surface area (Å²) in [4.78, 5) is 0. The lowest BCUT2D eigenvalue weighted by Gasteiger charge is -2.03. The van der Waals surface area contributed by atoms with Crippen LogP contribution < -0.4 is 5.73 Å². The van der Waals surface area contributed by atoms with Crippen LogP contribution in [0.1, 0.15) is 0 Å². The first-order chi connectivity index (χ1) is 8.83. The molecule has 18 heavy (non-hydrogen) atoms. The monoisotopic (exact) mass is 236 g/mol. The zero-order chi connectivity index (χ0) is 12.4. The van der Waals surface area contributed by atoms with Crippen LogP contribution in [-0.2, 0) is 0 Å². The Labute approximate surface area is 105 Å². The van der Waals surface area contributed by atoms with E-state index in [9.17, 15) is 0 Å². The third kappa shape index (κ3) is 1.96. The number of anilines is 1. The molecule has 4 heteroatoms. The highest BCUT2D eigenvalue weighted by molar-refractivity contribution is 5.64. The van der Waals surface area contributed by atoms with Gasteiger partial charge >= 0.3 is 0 Å². The summed E-state index contributed by atoms with van der Waals surface area (Å²) in [5.74, 6) is 0.419. The molecule has 4 nitrogen and oxygen atoms in total. The third-order valence-corrected chi connectivity index (χ3v) is 2.75. The summed E-state index contributed by atoms with van der Waals surface area (Å²) in [6, 6.07) is 18.3. The summed E-state index contributed by atoms with van der Waals surface area (Å²) < 4.78 is 1.66. The molecule has 0 atom stereocenters. The van der Waals surface area contributed by atoms with Crippen molar-refractivity contribution in [2.24, 2.45) is 0 Å². The zero-order valence-electron chi connectivity index (χ0n) is 9.69. The number of hydrogen-bond acceptors (Lipinski definition) is 3. The van der Waals surface area contributed by atoms with Crippen molar-refractivity contribution < 1.29 is 0 Å². The van der Waals surface area contributed by atoms with E-state index in [2.05, 4.69) is 34.6 Å². The van der Waals surface area contributed by atoms with E-state index in [-0.39, 0.29) is 0 Å². The van der Waals surface area contributed by atoms with Crippen molar-refractivity contribution in [1.29, 1.82) is 0 Å². The number of rotatable bonds is 2. The molecule has 2 N–H and O–H groups in total. The molecule has 0 bridgehead atoms. The van der Waals surface area contributed by atoms with Crippen LogP contribution in [0.25, 0.3) is 16.8 Å². The lowest BCUT2D eigenvalue weighted by molar-refractivity contribution is 0.804. The zero-order valence-corrected chi connectivity index (χ0v) is 9.69. The Kier molecular flexibility index (Phi) is 2.53. The van der Waals surface area contributed by atoms with Gasteiger partial charge in [-0.25, -0.2) is 4.68 Å². The molecule has 0 amide bonds. The number of aromatic nitrogens is 3. The quantitative estimate of drug-likeness (QED) is 0.743. The highest BCUT2D eigenvalue weighted by Gasteiger charge is 2.01. The fourth-order valence-corrected chi connectivity index (χ4v) is 1.84. The van der Waals surface area contributed by atoms with Gasteiger partial charge in [-0.3, -0.25) is 0 Å². The summed E-state index contributed by atoms with van der Waals surface area (Å²) in [7, 11) is 0. The molecule has 0 fully saturated rings. The molecule has 88 valence electrons. The average molecular weight is 236 g/mol. The Hall–Kier alpha value is -2.62. The van der Waals surface area contributed by atoms with Crippen LogP contribution in [0.2, 0.25) is 0 Å². The average Bonchev–Trinajstić information content (AvgIpc) is 2.87. The second kappa shape index (κ2) is 4.33. The highest BCUT2D eigenvalue weighted by atomic mass is 15.4. The van der Waals surface area contributed by atoms with Crippen LogP contribution >= 0.6 is 0 Å². The molecule has 0 spiro atoms. The van der Waals surface area contributed by atoms with Crippen LogP contribution in [0.3, 0.4) is 0 Å². The van der Waals surface area contributed by atoms with Crippen LogP contribution in [0.4, 0.5) is 5.82 Å². The van der Waals surface area contributed by atoms with Gasteiger partial charge in [-0.1, -0.05) is 47.7 Å². The van der Waals surface area contributed by atoms with Crippen LogP contribution in [-0.4, -0.2) is 15.0 Å². The summed E-state index contributed by atoms with van der Waals surface area (Å²) in [5.41, 5.74) is 8.86. The number of nitrogens with zero attached hydrogens (tertiary/aromatic N) is 3. The van der Waals surface area contributed by atoms with E-state index in [1.165, 1.54) is 11.1 Å². The van der Waals surface area contributed by atoms with Gasteiger partial charge in [0.05, 0.1) is 11.9 Å². The molecule has 0 aliphatic rings. The third-order valence-electron chi connectivity index (χ3n) is 2.75. The van der Waals surface area contributed by atoms with Crippen LogP contribution in [0, 0.1) is 0 Å². The lowest BCUT2D eigenvalue weighted by atomic mass is 10.1. The molecule has 3 rings (SSSR count). The molecule has 1 aromatic heterocycles. The second-order valence-corrected chi connectivity index (χ2v) is 4.00. The molecule has 0 saturated heterocycles. The predicted octanol–water partition coefficient (Wildman–Crippen LogP) is 2.52. The molecule has 0 aliphatic carbocycles. The first kappa shape index (κ1) is 10.5.